The Hall–Kier alpha value is -0.850. The van der Waals surface area contributed by atoms with Crippen LogP contribution in [0.1, 0.15) is 20.8 Å². The van der Waals surface area contributed by atoms with Crippen LogP contribution in [0.2, 0.25) is 0 Å². The van der Waals surface area contributed by atoms with E-state index in [1.807, 2.05) is 0 Å². The van der Waals surface area contributed by atoms with Crippen molar-refractivity contribution in [3.63, 3.8) is 0 Å². The zero-order valence-corrected chi connectivity index (χ0v) is 10.4. The molecule has 1 fully saturated rings. The molecule has 0 spiro atoms. The molecule has 0 saturated carbocycles. The summed E-state index contributed by atoms with van der Waals surface area (Å²) in [5, 5.41) is 2.22. The molecule has 0 aliphatic carbocycles. The van der Waals surface area contributed by atoms with Crippen LogP contribution in [0.25, 0.3) is 0 Å². The minimum Gasteiger partial charge on any atom is -0.444 e. The van der Waals surface area contributed by atoms with Crippen molar-refractivity contribution in [2.24, 2.45) is 0 Å². The van der Waals surface area contributed by atoms with Gasteiger partial charge in [-0.3, -0.25) is 0 Å². The average Bonchev–Trinajstić information content (AvgIpc) is 1.93. The van der Waals surface area contributed by atoms with E-state index in [0.717, 1.165) is 0 Å². The highest BCUT2D eigenvalue weighted by Crippen LogP contribution is 2.27. The first-order valence-electron chi connectivity index (χ1n) is 4.88. The van der Waals surface area contributed by atoms with E-state index in [-0.39, 0.29) is 6.54 Å². The van der Waals surface area contributed by atoms with Crippen LogP contribution in [0.3, 0.4) is 0 Å². The molecule has 1 aliphatic rings. The zero-order chi connectivity index (χ0) is 12.6. The highest BCUT2D eigenvalue weighted by Gasteiger charge is 2.49. The number of hydrogen-bond acceptors (Lipinski definition) is 4. The first kappa shape index (κ1) is 13.2. The topological polar surface area (TPSA) is 72.5 Å². The fraction of sp³-hybridized carbons (Fsp3) is 0.889. The Morgan fingerprint density at radius 3 is 2.31 bits per heavy atom. The molecule has 7 heteroatoms. The van der Waals surface area contributed by atoms with Gasteiger partial charge in [0.1, 0.15) is 5.60 Å². The van der Waals surface area contributed by atoms with Crippen molar-refractivity contribution < 1.29 is 22.3 Å². The number of carbonyl (C=O) groups is 1. The molecular weight excluding hydrogens is 237 g/mol. The molecule has 0 aromatic rings. The van der Waals surface area contributed by atoms with Crippen molar-refractivity contribution >= 4 is 15.9 Å². The Morgan fingerprint density at radius 1 is 1.44 bits per heavy atom. The van der Waals surface area contributed by atoms with E-state index in [2.05, 4.69) is 5.32 Å². The van der Waals surface area contributed by atoms with E-state index in [1.165, 1.54) is 0 Å². The summed E-state index contributed by atoms with van der Waals surface area (Å²) in [5.41, 5.74) is -2.49. The third-order valence-electron chi connectivity index (χ3n) is 1.91. The summed E-state index contributed by atoms with van der Waals surface area (Å²) in [6.07, 6.45) is -0.742. The molecule has 0 bridgehead atoms. The summed E-state index contributed by atoms with van der Waals surface area (Å²) >= 11 is 0. The van der Waals surface area contributed by atoms with Crippen molar-refractivity contribution in [1.29, 1.82) is 0 Å². The third-order valence-corrected chi connectivity index (χ3v) is 3.82. The molecule has 0 unspecified atom stereocenters. The van der Waals surface area contributed by atoms with Crippen molar-refractivity contribution in [3.05, 3.63) is 0 Å². The average molecular weight is 253 g/mol. The van der Waals surface area contributed by atoms with Crippen LogP contribution >= 0.6 is 0 Å². The molecule has 1 rings (SSSR count). The first-order valence-corrected chi connectivity index (χ1v) is 6.70. The van der Waals surface area contributed by atoms with Crippen molar-refractivity contribution in [2.45, 2.75) is 32.0 Å². The zero-order valence-electron chi connectivity index (χ0n) is 9.54. The largest absolute Gasteiger partial charge is 0.444 e. The highest BCUT2D eigenvalue weighted by molar-refractivity contribution is 7.93. The molecular formula is C9H16FNO4S. The summed E-state index contributed by atoms with van der Waals surface area (Å²) in [6, 6.07) is 0. The number of sulfone groups is 1. The molecule has 1 N–H and O–H groups in total. The van der Waals surface area contributed by atoms with Gasteiger partial charge in [0.05, 0.1) is 18.1 Å². The lowest BCUT2D eigenvalue weighted by Gasteiger charge is -2.33. The van der Waals surface area contributed by atoms with Crippen molar-refractivity contribution in [3.8, 4) is 0 Å². The number of alkyl halides is 1. The Bertz CT molecular complexity index is 373. The Morgan fingerprint density at radius 2 is 1.94 bits per heavy atom. The Balaban J connectivity index is 2.34. The number of amides is 1. The Kier molecular flexibility index (Phi) is 3.20. The molecule has 0 atom stereocenters. The lowest BCUT2D eigenvalue weighted by molar-refractivity contribution is 0.0489. The number of rotatable bonds is 2. The highest BCUT2D eigenvalue weighted by atomic mass is 32.2. The molecule has 1 aliphatic heterocycles. The molecule has 5 nitrogen and oxygen atoms in total. The summed E-state index contributed by atoms with van der Waals surface area (Å²) < 4.78 is 40.0. The van der Waals surface area contributed by atoms with Gasteiger partial charge in [-0.15, -0.1) is 0 Å². The van der Waals surface area contributed by atoms with E-state index in [4.69, 9.17) is 4.74 Å². The standard InChI is InChI=1S/C9H16FNO4S/c1-8(2,3)15-7(12)11-4-9(10)5-16(13,14)6-9/h4-6H2,1-3H3,(H,11,12). The van der Waals surface area contributed by atoms with E-state index in [0.29, 0.717) is 0 Å². The number of ether oxygens (including phenoxy) is 1. The normalized spacial score (nSPS) is 22.0. The van der Waals surface area contributed by atoms with E-state index in [9.17, 15) is 17.6 Å². The minimum atomic E-state index is -3.24. The summed E-state index contributed by atoms with van der Waals surface area (Å²) in [6.45, 7) is 4.73. The van der Waals surface area contributed by atoms with Gasteiger partial charge >= 0.3 is 6.09 Å². The second-order valence-electron chi connectivity index (χ2n) is 5.04. The molecule has 0 aromatic heterocycles. The first-order chi connectivity index (χ1) is 7.02. The fourth-order valence-corrected chi connectivity index (χ4v) is 3.09. The van der Waals surface area contributed by atoms with Gasteiger partial charge in [-0.05, 0) is 20.8 Å². The van der Waals surface area contributed by atoms with E-state index in [1.54, 1.807) is 20.8 Å². The predicted molar refractivity (Wildman–Crippen MR) is 56.7 cm³/mol. The van der Waals surface area contributed by atoms with Gasteiger partial charge in [-0.25, -0.2) is 17.6 Å². The summed E-state index contributed by atoms with van der Waals surface area (Å²) in [5.74, 6) is -1.06. The van der Waals surface area contributed by atoms with Crippen molar-refractivity contribution in [1.82, 2.24) is 5.32 Å². The SMILES string of the molecule is CC(C)(C)OC(=O)NCC1(F)CS(=O)(=O)C1. The maximum atomic E-state index is 13.5. The lowest BCUT2D eigenvalue weighted by atomic mass is 10.1. The molecule has 94 valence electrons. The smallest absolute Gasteiger partial charge is 0.407 e. The summed E-state index contributed by atoms with van der Waals surface area (Å²) in [4.78, 5) is 11.2. The molecule has 1 saturated heterocycles. The number of hydrogen-bond donors (Lipinski definition) is 1. The van der Waals surface area contributed by atoms with Gasteiger partial charge in [0.25, 0.3) is 0 Å². The second kappa shape index (κ2) is 3.87. The van der Waals surface area contributed by atoms with Crippen molar-refractivity contribution in [2.75, 3.05) is 18.1 Å². The third kappa shape index (κ3) is 3.96. The van der Waals surface area contributed by atoms with Gasteiger partial charge in [0.2, 0.25) is 0 Å². The fourth-order valence-electron chi connectivity index (χ4n) is 1.39. The van der Waals surface area contributed by atoms with Crippen LogP contribution in [-0.4, -0.2) is 43.8 Å². The van der Waals surface area contributed by atoms with Gasteiger partial charge in [0, 0.05) is 0 Å². The second-order valence-corrected chi connectivity index (χ2v) is 7.10. The van der Waals surface area contributed by atoms with E-state index >= 15 is 0 Å². The van der Waals surface area contributed by atoms with Gasteiger partial charge in [-0.2, -0.15) is 0 Å². The van der Waals surface area contributed by atoms with E-state index < -0.39 is 38.7 Å². The minimum absolute atomic E-state index is 0.332. The molecule has 16 heavy (non-hydrogen) atoms. The maximum absolute atomic E-state index is 13.5. The van der Waals surface area contributed by atoms with Crippen LogP contribution in [0, 0.1) is 0 Å². The molecule has 0 aromatic carbocycles. The lowest BCUT2D eigenvalue weighted by Crippen LogP contribution is -2.58. The number of nitrogens with one attached hydrogen (secondary N) is 1. The number of alkyl carbamates (subject to hydrolysis) is 1. The molecule has 0 radical (unpaired) electrons. The summed E-state index contributed by atoms with van der Waals surface area (Å²) in [7, 11) is -3.24. The number of halogens is 1. The Labute approximate surface area is 94.3 Å². The van der Waals surface area contributed by atoms with Crippen LogP contribution in [0.5, 0.6) is 0 Å². The van der Waals surface area contributed by atoms with Crippen LogP contribution < -0.4 is 5.32 Å². The van der Waals surface area contributed by atoms with Gasteiger partial charge in [-0.1, -0.05) is 0 Å². The maximum Gasteiger partial charge on any atom is 0.407 e. The van der Waals surface area contributed by atoms with Crippen LogP contribution in [0.15, 0.2) is 0 Å². The van der Waals surface area contributed by atoms with Gasteiger partial charge in [0.15, 0.2) is 15.5 Å². The number of carbonyl (C=O) groups excluding carboxylic acids is 1. The quantitative estimate of drug-likeness (QED) is 0.784. The monoisotopic (exact) mass is 253 g/mol. The molecule has 1 amide bonds. The predicted octanol–water partition coefficient (Wildman–Crippen LogP) is 0.648. The van der Waals surface area contributed by atoms with Gasteiger partial charge < -0.3 is 10.1 Å². The van der Waals surface area contributed by atoms with Crippen LogP contribution in [0.4, 0.5) is 9.18 Å². The van der Waals surface area contributed by atoms with Crippen LogP contribution in [-0.2, 0) is 14.6 Å². The molecule has 1 heterocycles.